The maximum atomic E-state index is 5.27. The third-order valence-electron chi connectivity index (χ3n) is 3.33. The zero-order chi connectivity index (χ0) is 11.0. The molecule has 16 heavy (non-hydrogen) atoms. The fourth-order valence-corrected chi connectivity index (χ4v) is 2.01. The maximum Gasteiger partial charge on any atom is 0.259 e. The average Bonchev–Trinajstić information content (AvgIpc) is 2.77. The van der Waals surface area contributed by atoms with Crippen molar-refractivity contribution in [1.82, 2.24) is 15.1 Å². The van der Waals surface area contributed by atoms with Crippen LogP contribution in [0.4, 0.5) is 0 Å². The Bertz CT molecular complexity index is 488. The Morgan fingerprint density at radius 2 is 2.25 bits per heavy atom. The van der Waals surface area contributed by atoms with Crippen LogP contribution in [0.15, 0.2) is 29.0 Å². The van der Waals surface area contributed by atoms with Gasteiger partial charge in [-0.05, 0) is 25.0 Å². The molecule has 0 aromatic carbocycles. The summed E-state index contributed by atoms with van der Waals surface area (Å²) in [6.07, 6.45) is 7.03. The molecule has 0 spiro atoms. The molecule has 0 bridgehead atoms. The van der Waals surface area contributed by atoms with Gasteiger partial charge in [0.25, 0.3) is 5.89 Å². The first kappa shape index (κ1) is 9.51. The van der Waals surface area contributed by atoms with Crippen molar-refractivity contribution in [3.8, 4) is 11.5 Å². The van der Waals surface area contributed by atoms with Gasteiger partial charge in [-0.1, -0.05) is 18.5 Å². The molecule has 0 N–H and O–H groups in total. The van der Waals surface area contributed by atoms with Crippen LogP contribution in [0, 0.1) is 0 Å². The van der Waals surface area contributed by atoms with Crippen LogP contribution in [0.1, 0.15) is 32.0 Å². The molecular weight excluding hydrogens is 202 g/mol. The second-order valence-electron chi connectivity index (χ2n) is 4.58. The molecule has 1 aliphatic rings. The molecule has 82 valence electrons. The third kappa shape index (κ3) is 1.41. The minimum atomic E-state index is 0.129. The van der Waals surface area contributed by atoms with Crippen molar-refractivity contribution < 1.29 is 4.52 Å². The summed E-state index contributed by atoms with van der Waals surface area (Å²) < 4.78 is 5.27. The fraction of sp³-hybridized carbons (Fsp3) is 0.417. The van der Waals surface area contributed by atoms with Crippen LogP contribution in [0.25, 0.3) is 11.5 Å². The van der Waals surface area contributed by atoms with Gasteiger partial charge < -0.3 is 4.52 Å². The van der Waals surface area contributed by atoms with Crippen LogP contribution >= 0.6 is 0 Å². The van der Waals surface area contributed by atoms with E-state index in [1.54, 1.807) is 12.4 Å². The molecule has 4 nitrogen and oxygen atoms in total. The molecule has 2 heterocycles. The summed E-state index contributed by atoms with van der Waals surface area (Å²) in [4.78, 5) is 8.50. The van der Waals surface area contributed by atoms with E-state index < -0.39 is 0 Å². The molecule has 1 fully saturated rings. The number of rotatable bonds is 2. The monoisotopic (exact) mass is 215 g/mol. The minimum absolute atomic E-state index is 0.129. The first-order valence-corrected chi connectivity index (χ1v) is 5.53. The van der Waals surface area contributed by atoms with Crippen LogP contribution in [-0.4, -0.2) is 15.1 Å². The molecule has 4 heteroatoms. The zero-order valence-corrected chi connectivity index (χ0v) is 9.18. The molecule has 2 aromatic rings. The van der Waals surface area contributed by atoms with Gasteiger partial charge in [0, 0.05) is 17.8 Å². The van der Waals surface area contributed by atoms with E-state index in [4.69, 9.17) is 4.52 Å². The van der Waals surface area contributed by atoms with E-state index in [1.807, 2.05) is 12.1 Å². The van der Waals surface area contributed by atoms with Crippen molar-refractivity contribution in [2.45, 2.75) is 31.6 Å². The predicted octanol–water partition coefficient (Wildman–Crippen LogP) is 2.57. The first-order valence-electron chi connectivity index (χ1n) is 5.53. The van der Waals surface area contributed by atoms with Gasteiger partial charge in [0.15, 0.2) is 5.82 Å². The Hall–Kier alpha value is -1.71. The van der Waals surface area contributed by atoms with Crippen molar-refractivity contribution in [3.05, 3.63) is 30.4 Å². The summed E-state index contributed by atoms with van der Waals surface area (Å²) in [5, 5.41) is 4.07. The van der Waals surface area contributed by atoms with E-state index in [2.05, 4.69) is 22.0 Å². The second kappa shape index (κ2) is 3.40. The molecule has 0 radical (unpaired) electrons. The standard InChI is InChI=1S/C12H13N3O/c1-12(5-3-6-12)11-14-10(16-15-11)9-4-2-7-13-8-9/h2,4,7-8H,3,5-6H2,1H3. The Balaban J connectivity index is 1.94. The molecule has 0 unspecified atom stereocenters. The Morgan fingerprint density at radius 1 is 1.38 bits per heavy atom. The molecule has 1 aliphatic carbocycles. The van der Waals surface area contributed by atoms with Gasteiger partial charge in [0.05, 0.1) is 5.56 Å². The number of hydrogen-bond donors (Lipinski definition) is 0. The molecular formula is C12H13N3O. The van der Waals surface area contributed by atoms with Gasteiger partial charge in [-0.2, -0.15) is 4.98 Å². The van der Waals surface area contributed by atoms with E-state index in [-0.39, 0.29) is 5.41 Å². The van der Waals surface area contributed by atoms with E-state index in [9.17, 15) is 0 Å². The quantitative estimate of drug-likeness (QED) is 0.772. The Labute approximate surface area is 93.7 Å². The number of aromatic nitrogens is 3. The summed E-state index contributed by atoms with van der Waals surface area (Å²) in [6, 6.07) is 3.79. The first-order chi connectivity index (χ1) is 7.78. The molecule has 3 rings (SSSR count). The lowest BCUT2D eigenvalue weighted by atomic mass is 9.70. The van der Waals surface area contributed by atoms with Crippen LogP contribution in [0.2, 0.25) is 0 Å². The van der Waals surface area contributed by atoms with Crippen molar-refractivity contribution in [2.75, 3.05) is 0 Å². The second-order valence-corrected chi connectivity index (χ2v) is 4.58. The highest BCUT2D eigenvalue weighted by atomic mass is 16.5. The van der Waals surface area contributed by atoms with E-state index in [0.717, 1.165) is 24.2 Å². The van der Waals surface area contributed by atoms with Gasteiger partial charge in [-0.15, -0.1) is 0 Å². The Morgan fingerprint density at radius 3 is 2.88 bits per heavy atom. The average molecular weight is 215 g/mol. The van der Waals surface area contributed by atoms with Gasteiger partial charge in [-0.3, -0.25) is 4.98 Å². The highest BCUT2D eigenvalue weighted by Crippen LogP contribution is 2.42. The molecule has 0 aliphatic heterocycles. The topological polar surface area (TPSA) is 51.8 Å². The summed E-state index contributed by atoms with van der Waals surface area (Å²) in [7, 11) is 0. The number of nitrogens with zero attached hydrogens (tertiary/aromatic N) is 3. The fourth-order valence-electron chi connectivity index (χ4n) is 2.01. The van der Waals surface area contributed by atoms with Gasteiger partial charge in [0.2, 0.25) is 0 Å². The van der Waals surface area contributed by atoms with Crippen molar-refractivity contribution >= 4 is 0 Å². The van der Waals surface area contributed by atoms with Crippen LogP contribution in [-0.2, 0) is 5.41 Å². The van der Waals surface area contributed by atoms with Crippen LogP contribution in [0.5, 0.6) is 0 Å². The van der Waals surface area contributed by atoms with Crippen molar-refractivity contribution in [2.24, 2.45) is 0 Å². The highest BCUT2D eigenvalue weighted by molar-refractivity contribution is 5.50. The lowest BCUT2D eigenvalue weighted by Gasteiger charge is -2.34. The van der Waals surface area contributed by atoms with E-state index in [0.29, 0.717) is 5.89 Å². The highest BCUT2D eigenvalue weighted by Gasteiger charge is 2.38. The van der Waals surface area contributed by atoms with Gasteiger partial charge in [-0.25, -0.2) is 0 Å². The normalized spacial score (nSPS) is 18.1. The van der Waals surface area contributed by atoms with Gasteiger partial charge >= 0.3 is 0 Å². The third-order valence-corrected chi connectivity index (χ3v) is 3.33. The summed E-state index contributed by atoms with van der Waals surface area (Å²) in [5.41, 5.74) is 1.01. The maximum absolute atomic E-state index is 5.27. The summed E-state index contributed by atoms with van der Waals surface area (Å²) in [6.45, 7) is 2.19. The molecule has 0 amide bonds. The predicted molar refractivity (Wildman–Crippen MR) is 58.7 cm³/mol. The number of hydrogen-bond acceptors (Lipinski definition) is 4. The lowest BCUT2D eigenvalue weighted by Crippen LogP contribution is -2.31. The molecule has 0 saturated heterocycles. The van der Waals surface area contributed by atoms with Crippen LogP contribution in [0.3, 0.4) is 0 Å². The smallest absolute Gasteiger partial charge is 0.259 e. The molecule has 1 saturated carbocycles. The van der Waals surface area contributed by atoms with Crippen molar-refractivity contribution in [1.29, 1.82) is 0 Å². The largest absolute Gasteiger partial charge is 0.334 e. The molecule has 0 atom stereocenters. The summed E-state index contributed by atoms with van der Waals surface area (Å²) >= 11 is 0. The summed E-state index contributed by atoms with van der Waals surface area (Å²) in [5.74, 6) is 1.40. The number of pyridine rings is 1. The van der Waals surface area contributed by atoms with E-state index in [1.165, 1.54) is 6.42 Å². The van der Waals surface area contributed by atoms with Crippen molar-refractivity contribution in [3.63, 3.8) is 0 Å². The van der Waals surface area contributed by atoms with Gasteiger partial charge in [0.1, 0.15) is 0 Å². The SMILES string of the molecule is CC1(c2noc(-c3cccnc3)n2)CCC1. The van der Waals surface area contributed by atoms with E-state index >= 15 is 0 Å². The van der Waals surface area contributed by atoms with Crippen LogP contribution < -0.4 is 0 Å². The minimum Gasteiger partial charge on any atom is -0.334 e. The Kier molecular flexibility index (Phi) is 2.02. The zero-order valence-electron chi connectivity index (χ0n) is 9.18. The lowest BCUT2D eigenvalue weighted by molar-refractivity contribution is 0.246. The molecule has 2 aromatic heterocycles.